The molecule has 1 rings (SSSR count). The minimum absolute atomic E-state index is 0.303. The molecule has 1 fully saturated rings. The molecule has 0 radical (unpaired) electrons. The third-order valence-electron chi connectivity index (χ3n) is 9.78. The van der Waals surface area contributed by atoms with Crippen LogP contribution in [0.25, 0.3) is 0 Å². The fourth-order valence-corrected chi connectivity index (χ4v) is 6.32. The molecule has 52 heavy (non-hydrogen) atoms. The molecule has 10 nitrogen and oxygen atoms in total. The summed E-state index contributed by atoms with van der Waals surface area (Å²) in [4.78, 5) is 13.0. The van der Waals surface area contributed by atoms with Crippen LogP contribution < -0.4 is 5.32 Å². The van der Waals surface area contributed by atoms with Gasteiger partial charge >= 0.3 is 0 Å². The molecule has 0 aromatic carbocycles. The number of unbranched alkanes of at least 4 members (excludes halogenated alkanes) is 18. The number of ether oxygens (including phenoxy) is 2. The standard InChI is InChI=1S/C42H77NO9/c1-3-5-7-9-11-13-15-16-17-18-19-21-23-25-27-29-31-36(46)41(50)43-34(33-51-42-40(49)39(48)38(47)37(32-44)52-42)35(45)30-28-26-24-22-20-14-12-10-8-6-4-2/h8,10,20,22,28,30,34-40,42,44-49H,3-7,9,11-19,21,23-27,29,31-33H2,1-2H3,(H,43,50)/b10-8+,22-20+,30-28+. The van der Waals surface area contributed by atoms with Crippen molar-refractivity contribution in [2.45, 2.75) is 210 Å². The second-order valence-corrected chi connectivity index (χ2v) is 14.6. The van der Waals surface area contributed by atoms with Gasteiger partial charge < -0.3 is 45.4 Å². The molecule has 8 unspecified atom stereocenters. The van der Waals surface area contributed by atoms with E-state index in [9.17, 15) is 35.4 Å². The van der Waals surface area contributed by atoms with Gasteiger partial charge in [-0.25, -0.2) is 0 Å². The predicted octanol–water partition coefficient (Wildman–Crippen LogP) is 6.69. The van der Waals surface area contributed by atoms with Gasteiger partial charge in [-0.05, 0) is 38.5 Å². The maximum atomic E-state index is 13.0. The normalized spacial score (nSPS) is 22.8. The monoisotopic (exact) mass is 740 g/mol. The highest BCUT2D eigenvalue weighted by Crippen LogP contribution is 2.22. The number of nitrogens with one attached hydrogen (secondary N) is 1. The molecular weight excluding hydrogens is 662 g/mol. The van der Waals surface area contributed by atoms with Gasteiger partial charge in [0.1, 0.15) is 30.5 Å². The quantitative estimate of drug-likeness (QED) is 0.0287. The summed E-state index contributed by atoms with van der Waals surface area (Å²) in [5.74, 6) is -0.633. The molecule has 0 aliphatic carbocycles. The number of allylic oxidation sites excluding steroid dienone is 5. The van der Waals surface area contributed by atoms with Crippen molar-refractivity contribution in [2.75, 3.05) is 13.2 Å². The maximum Gasteiger partial charge on any atom is 0.249 e. The molecule has 1 saturated heterocycles. The van der Waals surface area contributed by atoms with Crippen LogP contribution in [-0.4, -0.2) is 98.7 Å². The van der Waals surface area contributed by atoms with Crippen molar-refractivity contribution in [1.82, 2.24) is 5.32 Å². The molecule has 0 spiro atoms. The second kappa shape index (κ2) is 32.8. The average molecular weight is 740 g/mol. The van der Waals surface area contributed by atoms with Crippen molar-refractivity contribution in [2.24, 2.45) is 0 Å². The van der Waals surface area contributed by atoms with E-state index in [4.69, 9.17) is 9.47 Å². The van der Waals surface area contributed by atoms with Crippen LogP contribution in [0.1, 0.15) is 162 Å². The van der Waals surface area contributed by atoms with Crippen LogP contribution in [0.15, 0.2) is 36.5 Å². The third-order valence-corrected chi connectivity index (χ3v) is 9.78. The molecule has 1 aliphatic heterocycles. The van der Waals surface area contributed by atoms with Gasteiger partial charge in [0.2, 0.25) is 5.91 Å². The Bertz CT molecular complexity index is 927. The van der Waals surface area contributed by atoms with E-state index in [1.807, 2.05) is 6.08 Å². The first kappa shape index (κ1) is 48.4. The molecule has 7 N–H and O–H groups in total. The molecule has 0 bridgehead atoms. The van der Waals surface area contributed by atoms with Crippen LogP contribution >= 0.6 is 0 Å². The van der Waals surface area contributed by atoms with Crippen molar-refractivity contribution >= 4 is 5.91 Å². The summed E-state index contributed by atoms with van der Waals surface area (Å²) in [7, 11) is 0. The van der Waals surface area contributed by atoms with E-state index in [2.05, 4.69) is 43.5 Å². The number of aliphatic hydroxyl groups is 6. The largest absolute Gasteiger partial charge is 0.394 e. The van der Waals surface area contributed by atoms with Gasteiger partial charge in [0, 0.05) is 0 Å². The molecular formula is C42H77NO9. The van der Waals surface area contributed by atoms with Crippen LogP contribution in [0, 0.1) is 0 Å². The fraction of sp³-hybridized carbons (Fsp3) is 0.833. The van der Waals surface area contributed by atoms with E-state index in [0.717, 1.165) is 51.4 Å². The Morgan fingerprint density at radius 3 is 1.63 bits per heavy atom. The Morgan fingerprint density at radius 1 is 0.654 bits per heavy atom. The molecule has 8 atom stereocenters. The first-order valence-electron chi connectivity index (χ1n) is 20.8. The van der Waals surface area contributed by atoms with Gasteiger partial charge in [0.25, 0.3) is 0 Å². The van der Waals surface area contributed by atoms with Crippen LogP contribution in [0.5, 0.6) is 0 Å². The summed E-state index contributed by atoms with van der Waals surface area (Å²) in [5, 5.41) is 64.3. The molecule has 1 amide bonds. The second-order valence-electron chi connectivity index (χ2n) is 14.6. The Hall–Kier alpha value is -1.63. The predicted molar refractivity (Wildman–Crippen MR) is 209 cm³/mol. The minimum Gasteiger partial charge on any atom is -0.394 e. The molecule has 0 aromatic heterocycles. The molecule has 304 valence electrons. The Kier molecular flexibility index (Phi) is 30.5. The van der Waals surface area contributed by atoms with E-state index in [1.54, 1.807) is 6.08 Å². The number of hydrogen-bond acceptors (Lipinski definition) is 9. The smallest absolute Gasteiger partial charge is 0.249 e. The average Bonchev–Trinajstić information content (AvgIpc) is 3.14. The van der Waals surface area contributed by atoms with Gasteiger partial charge in [-0.3, -0.25) is 4.79 Å². The van der Waals surface area contributed by atoms with E-state index >= 15 is 0 Å². The summed E-state index contributed by atoms with van der Waals surface area (Å²) in [5.41, 5.74) is 0. The molecule has 1 aliphatic rings. The van der Waals surface area contributed by atoms with E-state index in [0.29, 0.717) is 19.3 Å². The summed E-state index contributed by atoms with van der Waals surface area (Å²) in [6.45, 7) is 3.49. The zero-order valence-corrected chi connectivity index (χ0v) is 32.7. The van der Waals surface area contributed by atoms with Crippen molar-refractivity contribution in [1.29, 1.82) is 0 Å². The minimum atomic E-state index is -1.62. The van der Waals surface area contributed by atoms with Crippen LogP contribution in [-0.2, 0) is 14.3 Å². The summed E-state index contributed by atoms with van der Waals surface area (Å²) in [6, 6.07) is -0.998. The summed E-state index contributed by atoms with van der Waals surface area (Å²) in [6.07, 6.45) is 28.1. The number of carbonyl (C=O) groups is 1. The van der Waals surface area contributed by atoms with Crippen molar-refractivity contribution < 1.29 is 44.9 Å². The lowest BCUT2D eigenvalue weighted by Gasteiger charge is -2.40. The van der Waals surface area contributed by atoms with Crippen LogP contribution in [0.2, 0.25) is 0 Å². The first-order chi connectivity index (χ1) is 25.3. The zero-order chi connectivity index (χ0) is 38.2. The highest BCUT2D eigenvalue weighted by Gasteiger charge is 2.44. The number of amides is 1. The number of carbonyl (C=O) groups excluding carboxylic acids is 1. The lowest BCUT2D eigenvalue weighted by Crippen LogP contribution is -2.60. The topological polar surface area (TPSA) is 169 Å². The van der Waals surface area contributed by atoms with Crippen molar-refractivity contribution in [3.05, 3.63) is 36.5 Å². The molecule has 10 heteroatoms. The van der Waals surface area contributed by atoms with E-state index in [1.165, 1.54) is 77.0 Å². The first-order valence-corrected chi connectivity index (χ1v) is 20.8. The number of rotatable bonds is 33. The SMILES string of the molecule is CCC/C=C/CC/C=C/CC/C=C/C(O)C(COC1OC(CO)C(O)C(O)C1O)NC(=O)C(O)CCCCCCCCCCCCCCCCCC. The third kappa shape index (κ3) is 23.2. The highest BCUT2D eigenvalue weighted by atomic mass is 16.7. The van der Waals surface area contributed by atoms with Crippen molar-refractivity contribution in [3.63, 3.8) is 0 Å². The summed E-state index contributed by atoms with van der Waals surface area (Å²) < 4.78 is 11.1. The molecule has 0 aromatic rings. The lowest BCUT2D eigenvalue weighted by molar-refractivity contribution is -0.302. The van der Waals surface area contributed by atoms with Gasteiger partial charge in [-0.2, -0.15) is 0 Å². The fourth-order valence-electron chi connectivity index (χ4n) is 6.32. The maximum absolute atomic E-state index is 13.0. The van der Waals surface area contributed by atoms with E-state index < -0.39 is 61.5 Å². The Balaban J connectivity index is 2.47. The van der Waals surface area contributed by atoms with Gasteiger partial charge in [0.05, 0.1) is 25.4 Å². The zero-order valence-electron chi connectivity index (χ0n) is 32.7. The van der Waals surface area contributed by atoms with E-state index in [-0.39, 0.29) is 6.61 Å². The van der Waals surface area contributed by atoms with Crippen LogP contribution in [0.3, 0.4) is 0 Å². The highest BCUT2D eigenvalue weighted by molar-refractivity contribution is 5.80. The Labute approximate surface area is 315 Å². The molecule has 1 heterocycles. The van der Waals surface area contributed by atoms with Gasteiger partial charge in [-0.15, -0.1) is 0 Å². The number of hydrogen-bond donors (Lipinski definition) is 7. The van der Waals surface area contributed by atoms with Crippen molar-refractivity contribution in [3.8, 4) is 0 Å². The van der Waals surface area contributed by atoms with Crippen LogP contribution in [0.4, 0.5) is 0 Å². The summed E-state index contributed by atoms with van der Waals surface area (Å²) >= 11 is 0. The Morgan fingerprint density at radius 2 is 1.13 bits per heavy atom. The van der Waals surface area contributed by atoms with Gasteiger partial charge in [-0.1, -0.05) is 159 Å². The number of aliphatic hydroxyl groups excluding tert-OH is 6. The lowest BCUT2D eigenvalue weighted by atomic mass is 9.99. The van der Waals surface area contributed by atoms with Gasteiger partial charge in [0.15, 0.2) is 6.29 Å². The molecule has 0 saturated carbocycles.